The molecule has 1 aromatic carbocycles. The molecule has 2 heterocycles. The average Bonchev–Trinajstić information content (AvgIpc) is 3.21. The summed E-state index contributed by atoms with van der Waals surface area (Å²) in [7, 11) is 5.30. The molecule has 3 aromatic rings. The average molecular weight is 368 g/mol. The minimum absolute atomic E-state index is 0.168. The molecule has 8 heteroatoms. The van der Waals surface area contributed by atoms with Crippen molar-refractivity contribution in [1.29, 1.82) is 0 Å². The molecular weight excluding hydrogens is 344 g/mol. The molecule has 0 N–H and O–H groups in total. The summed E-state index contributed by atoms with van der Waals surface area (Å²) in [4.78, 5) is 14.3. The van der Waals surface area contributed by atoms with Crippen molar-refractivity contribution in [2.45, 2.75) is 26.9 Å². The van der Waals surface area contributed by atoms with Gasteiger partial charge in [0.1, 0.15) is 5.75 Å². The van der Waals surface area contributed by atoms with Crippen molar-refractivity contribution < 1.29 is 9.53 Å². The van der Waals surface area contributed by atoms with E-state index in [2.05, 4.69) is 15.4 Å². The van der Waals surface area contributed by atoms with Crippen LogP contribution in [0.5, 0.6) is 5.75 Å². The van der Waals surface area contributed by atoms with Crippen LogP contribution in [0.25, 0.3) is 0 Å². The summed E-state index contributed by atoms with van der Waals surface area (Å²) in [5.74, 6) is 0.634. The van der Waals surface area contributed by atoms with E-state index in [9.17, 15) is 4.79 Å². The zero-order valence-corrected chi connectivity index (χ0v) is 16.3. The summed E-state index contributed by atoms with van der Waals surface area (Å²) in [6, 6.07) is 7.71. The van der Waals surface area contributed by atoms with E-state index < -0.39 is 0 Å². The minimum Gasteiger partial charge on any atom is -0.497 e. The highest BCUT2D eigenvalue weighted by Crippen LogP contribution is 2.15. The molecule has 0 radical (unpaired) electrons. The third-order valence-corrected chi connectivity index (χ3v) is 4.66. The number of nitrogens with zero attached hydrogens (tertiary/aromatic N) is 6. The van der Waals surface area contributed by atoms with Crippen molar-refractivity contribution in [2.75, 3.05) is 14.2 Å². The van der Waals surface area contributed by atoms with Gasteiger partial charge in [0.2, 0.25) is 0 Å². The molecule has 3 rings (SSSR count). The molecule has 0 aliphatic rings. The standard InChI is InChI=1S/C19H24N6O2/c1-13-17(14(2)24(4)21-13)11-23(3)19(26)18-12-25(22-20-18)10-15-6-8-16(27-5)9-7-15/h6-9,12H,10-11H2,1-5H3. The lowest BCUT2D eigenvalue weighted by molar-refractivity contribution is 0.0778. The minimum atomic E-state index is -0.168. The van der Waals surface area contributed by atoms with Gasteiger partial charge in [0.05, 0.1) is 25.5 Å². The molecule has 27 heavy (non-hydrogen) atoms. The SMILES string of the molecule is COc1ccc(Cn2cc(C(=O)N(C)Cc3c(C)nn(C)c3C)nn2)cc1. The Hall–Kier alpha value is -3.16. The van der Waals surface area contributed by atoms with Gasteiger partial charge in [-0.2, -0.15) is 5.10 Å². The summed E-state index contributed by atoms with van der Waals surface area (Å²) < 4.78 is 8.64. The Morgan fingerprint density at radius 2 is 1.93 bits per heavy atom. The van der Waals surface area contributed by atoms with Gasteiger partial charge >= 0.3 is 0 Å². The monoisotopic (exact) mass is 368 g/mol. The number of aromatic nitrogens is 5. The van der Waals surface area contributed by atoms with Crippen LogP contribution in [-0.2, 0) is 20.1 Å². The second-order valence-corrected chi connectivity index (χ2v) is 6.58. The maximum atomic E-state index is 12.7. The number of rotatable bonds is 6. The Bertz CT molecular complexity index is 942. The summed E-state index contributed by atoms with van der Waals surface area (Å²) >= 11 is 0. The molecule has 2 aromatic heterocycles. The molecule has 0 aliphatic heterocycles. The normalized spacial score (nSPS) is 10.9. The molecule has 0 saturated heterocycles. The van der Waals surface area contributed by atoms with Crippen molar-refractivity contribution in [2.24, 2.45) is 7.05 Å². The first-order valence-electron chi connectivity index (χ1n) is 8.66. The molecule has 0 unspecified atom stereocenters. The molecular formula is C19H24N6O2. The predicted molar refractivity (Wildman–Crippen MR) is 101 cm³/mol. The molecule has 0 bridgehead atoms. The van der Waals surface area contributed by atoms with Crippen LogP contribution in [0.15, 0.2) is 30.5 Å². The first-order valence-corrected chi connectivity index (χ1v) is 8.66. The van der Waals surface area contributed by atoms with Crippen LogP contribution in [0.1, 0.15) is 33.0 Å². The fraction of sp³-hybridized carbons (Fsp3) is 0.368. The highest BCUT2D eigenvalue weighted by Gasteiger charge is 2.19. The first kappa shape index (κ1) is 18.6. The van der Waals surface area contributed by atoms with E-state index in [1.54, 1.807) is 29.9 Å². The number of amides is 1. The number of methoxy groups -OCH3 is 1. The van der Waals surface area contributed by atoms with Gasteiger partial charge in [-0.15, -0.1) is 5.10 Å². The van der Waals surface area contributed by atoms with E-state index in [1.165, 1.54) is 0 Å². The third-order valence-electron chi connectivity index (χ3n) is 4.66. The van der Waals surface area contributed by atoms with E-state index in [0.717, 1.165) is 28.3 Å². The fourth-order valence-electron chi connectivity index (χ4n) is 2.94. The first-order chi connectivity index (χ1) is 12.9. The Kier molecular flexibility index (Phi) is 5.25. The number of carbonyl (C=O) groups excluding carboxylic acids is 1. The van der Waals surface area contributed by atoms with Crippen molar-refractivity contribution >= 4 is 5.91 Å². The Labute approximate surface area is 158 Å². The molecule has 142 valence electrons. The Balaban J connectivity index is 1.68. The maximum absolute atomic E-state index is 12.7. The summed E-state index contributed by atoms with van der Waals surface area (Å²) in [5, 5.41) is 12.5. The van der Waals surface area contributed by atoms with Crippen LogP contribution in [0, 0.1) is 13.8 Å². The van der Waals surface area contributed by atoms with Gasteiger partial charge in [-0.3, -0.25) is 9.48 Å². The lowest BCUT2D eigenvalue weighted by Gasteiger charge is -2.16. The lowest BCUT2D eigenvalue weighted by atomic mass is 10.2. The molecule has 0 aliphatic carbocycles. The second kappa shape index (κ2) is 7.61. The van der Waals surface area contributed by atoms with E-state index >= 15 is 0 Å². The Morgan fingerprint density at radius 3 is 2.52 bits per heavy atom. The van der Waals surface area contributed by atoms with Crippen LogP contribution in [0.3, 0.4) is 0 Å². The number of ether oxygens (including phenoxy) is 1. The van der Waals surface area contributed by atoms with Crippen molar-refractivity contribution in [3.63, 3.8) is 0 Å². The second-order valence-electron chi connectivity index (χ2n) is 6.58. The zero-order chi connectivity index (χ0) is 19.6. The van der Waals surface area contributed by atoms with E-state index in [1.807, 2.05) is 49.8 Å². The number of aryl methyl sites for hydroxylation is 2. The van der Waals surface area contributed by atoms with Gasteiger partial charge in [0.25, 0.3) is 5.91 Å². The van der Waals surface area contributed by atoms with Crippen LogP contribution in [0.4, 0.5) is 0 Å². The van der Waals surface area contributed by atoms with Crippen molar-refractivity contribution in [1.82, 2.24) is 29.7 Å². The van der Waals surface area contributed by atoms with Crippen LogP contribution in [0.2, 0.25) is 0 Å². The van der Waals surface area contributed by atoms with Crippen LogP contribution >= 0.6 is 0 Å². The van der Waals surface area contributed by atoms with Crippen molar-refractivity contribution in [3.8, 4) is 5.75 Å². The van der Waals surface area contributed by atoms with Gasteiger partial charge in [0, 0.05) is 31.9 Å². The number of benzene rings is 1. The quantitative estimate of drug-likeness (QED) is 0.665. The summed E-state index contributed by atoms with van der Waals surface area (Å²) in [6.07, 6.45) is 1.67. The fourth-order valence-corrected chi connectivity index (χ4v) is 2.94. The molecule has 0 spiro atoms. The predicted octanol–water partition coefficient (Wildman–Crippen LogP) is 1.96. The van der Waals surface area contributed by atoms with Crippen LogP contribution < -0.4 is 4.74 Å². The highest BCUT2D eigenvalue weighted by atomic mass is 16.5. The maximum Gasteiger partial charge on any atom is 0.276 e. The molecule has 0 saturated carbocycles. The molecule has 8 nitrogen and oxygen atoms in total. The largest absolute Gasteiger partial charge is 0.497 e. The number of hydrogen-bond acceptors (Lipinski definition) is 5. The molecule has 1 amide bonds. The van der Waals surface area contributed by atoms with Gasteiger partial charge in [-0.05, 0) is 31.5 Å². The highest BCUT2D eigenvalue weighted by molar-refractivity contribution is 5.91. The smallest absolute Gasteiger partial charge is 0.276 e. The lowest BCUT2D eigenvalue weighted by Crippen LogP contribution is -2.27. The zero-order valence-electron chi connectivity index (χ0n) is 16.3. The Morgan fingerprint density at radius 1 is 1.22 bits per heavy atom. The number of hydrogen-bond donors (Lipinski definition) is 0. The van der Waals surface area contributed by atoms with Gasteiger partial charge in [-0.1, -0.05) is 17.3 Å². The molecule has 0 atom stereocenters. The topological polar surface area (TPSA) is 78.1 Å². The number of carbonyl (C=O) groups is 1. The van der Waals surface area contributed by atoms with E-state index in [-0.39, 0.29) is 5.91 Å². The van der Waals surface area contributed by atoms with E-state index in [4.69, 9.17) is 4.74 Å². The van der Waals surface area contributed by atoms with Gasteiger partial charge in [-0.25, -0.2) is 4.68 Å². The van der Waals surface area contributed by atoms with E-state index in [0.29, 0.717) is 18.8 Å². The van der Waals surface area contributed by atoms with Crippen LogP contribution in [-0.4, -0.2) is 49.7 Å². The van der Waals surface area contributed by atoms with Gasteiger partial charge in [0.15, 0.2) is 5.69 Å². The van der Waals surface area contributed by atoms with Crippen molar-refractivity contribution in [3.05, 3.63) is 58.7 Å². The van der Waals surface area contributed by atoms with Gasteiger partial charge < -0.3 is 9.64 Å². The molecule has 0 fully saturated rings. The summed E-state index contributed by atoms with van der Waals surface area (Å²) in [5.41, 5.74) is 4.41. The third kappa shape index (κ3) is 3.99. The summed E-state index contributed by atoms with van der Waals surface area (Å²) in [6.45, 7) is 4.97.